The van der Waals surface area contributed by atoms with Gasteiger partial charge < -0.3 is 15.2 Å². The van der Waals surface area contributed by atoms with Crippen LogP contribution in [0.15, 0.2) is 0 Å². The highest BCUT2D eigenvalue weighted by molar-refractivity contribution is 4.88. The van der Waals surface area contributed by atoms with Gasteiger partial charge in [0.25, 0.3) is 0 Å². The van der Waals surface area contributed by atoms with E-state index in [-0.39, 0.29) is 12.1 Å². The summed E-state index contributed by atoms with van der Waals surface area (Å²) in [6, 6.07) is 0.219. The van der Waals surface area contributed by atoms with Crippen molar-refractivity contribution >= 4 is 0 Å². The lowest BCUT2D eigenvalue weighted by molar-refractivity contribution is -0.0243. The minimum atomic E-state index is 0.219. The predicted octanol–water partition coefficient (Wildman–Crippen LogP) is 2.58. The number of hydrogen-bond acceptors (Lipinski definition) is 3. The second-order valence-electron chi connectivity index (χ2n) is 6.30. The molecule has 1 rings (SSSR count). The van der Waals surface area contributed by atoms with E-state index in [1.165, 1.54) is 6.42 Å². The number of nitrogens with two attached hydrogens (primary N) is 1. The lowest BCUT2D eigenvalue weighted by Crippen LogP contribution is -2.44. The van der Waals surface area contributed by atoms with Gasteiger partial charge in [-0.2, -0.15) is 0 Å². The first kappa shape index (κ1) is 14.9. The van der Waals surface area contributed by atoms with Crippen LogP contribution in [0.1, 0.15) is 46.5 Å². The van der Waals surface area contributed by atoms with E-state index in [9.17, 15) is 0 Å². The molecule has 0 saturated heterocycles. The number of hydrogen-bond donors (Lipinski definition) is 1. The van der Waals surface area contributed by atoms with E-state index in [2.05, 4.69) is 20.8 Å². The fourth-order valence-electron chi connectivity index (χ4n) is 2.57. The molecule has 0 spiro atoms. The molecule has 3 heteroatoms. The molecule has 0 aromatic rings. The van der Waals surface area contributed by atoms with Crippen molar-refractivity contribution in [1.82, 2.24) is 0 Å². The molecule has 0 radical (unpaired) electrons. The molecule has 17 heavy (non-hydrogen) atoms. The van der Waals surface area contributed by atoms with Crippen LogP contribution in [0.3, 0.4) is 0 Å². The molecule has 2 N–H and O–H groups in total. The van der Waals surface area contributed by atoms with Crippen LogP contribution in [-0.4, -0.2) is 32.5 Å². The van der Waals surface area contributed by atoms with E-state index in [4.69, 9.17) is 15.2 Å². The zero-order valence-electron chi connectivity index (χ0n) is 11.9. The summed E-state index contributed by atoms with van der Waals surface area (Å²) in [7, 11) is 1.72. The van der Waals surface area contributed by atoms with Gasteiger partial charge >= 0.3 is 0 Å². The summed E-state index contributed by atoms with van der Waals surface area (Å²) in [4.78, 5) is 0. The van der Waals surface area contributed by atoms with E-state index < -0.39 is 0 Å². The Morgan fingerprint density at radius 2 is 1.88 bits per heavy atom. The first-order chi connectivity index (χ1) is 7.95. The van der Waals surface area contributed by atoms with Crippen LogP contribution in [0.4, 0.5) is 0 Å². The van der Waals surface area contributed by atoms with Crippen LogP contribution < -0.4 is 5.73 Å². The molecule has 0 aliphatic heterocycles. The van der Waals surface area contributed by atoms with Gasteiger partial charge in [-0.1, -0.05) is 20.8 Å². The molecule has 1 aliphatic rings. The van der Waals surface area contributed by atoms with Crippen LogP contribution in [0.5, 0.6) is 0 Å². The predicted molar refractivity (Wildman–Crippen MR) is 71.0 cm³/mol. The average molecular weight is 243 g/mol. The fraction of sp³-hybridized carbons (Fsp3) is 1.00. The Labute approximate surface area is 106 Å². The summed E-state index contributed by atoms with van der Waals surface area (Å²) in [5.41, 5.74) is 6.51. The van der Waals surface area contributed by atoms with Crippen molar-refractivity contribution in [2.24, 2.45) is 17.1 Å². The van der Waals surface area contributed by atoms with Gasteiger partial charge in [0, 0.05) is 26.4 Å². The standard InChI is InChI=1S/C14H29NO2/c1-14(2,3)11-6-7-12(15)13(10-11)17-9-5-8-16-4/h11-13H,5-10,15H2,1-4H3. The Bertz CT molecular complexity index is 213. The molecule has 1 fully saturated rings. The third-order valence-corrected chi connectivity index (χ3v) is 3.89. The molecule has 1 saturated carbocycles. The van der Waals surface area contributed by atoms with Gasteiger partial charge in [-0.3, -0.25) is 0 Å². The third kappa shape index (κ3) is 4.94. The Balaban J connectivity index is 2.36. The van der Waals surface area contributed by atoms with E-state index in [0.29, 0.717) is 5.41 Å². The van der Waals surface area contributed by atoms with Gasteiger partial charge in [-0.05, 0) is 37.0 Å². The van der Waals surface area contributed by atoms with Crippen molar-refractivity contribution in [3.63, 3.8) is 0 Å². The van der Waals surface area contributed by atoms with Gasteiger partial charge in [-0.25, -0.2) is 0 Å². The highest BCUT2D eigenvalue weighted by Gasteiger charge is 2.34. The zero-order valence-corrected chi connectivity index (χ0v) is 11.9. The van der Waals surface area contributed by atoms with Crippen LogP contribution in [0.25, 0.3) is 0 Å². The Hall–Kier alpha value is -0.120. The lowest BCUT2D eigenvalue weighted by atomic mass is 9.70. The maximum absolute atomic E-state index is 6.14. The SMILES string of the molecule is COCCCOC1CC(C(C)(C)C)CCC1N. The van der Waals surface area contributed by atoms with Gasteiger partial charge in [0.15, 0.2) is 0 Å². The summed E-state index contributed by atoms with van der Waals surface area (Å²) < 4.78 is 10.9. The first-order valence-corrected chi connectivity index (χ1v) is 6.81. The molecule has 102 valence electrons. The molecule has 3 atom stereocenters. The molecule has 0 aromatic heterocycles. The van der Waals surface area contributed by atoms with E-state index in [0.717, 1.165) is 38.4 Å². The minimum Gasteiger partial charge on any atom is -0.385 e. The van der Waals surface area contributed by atoms with Gasteiger partial charge in [0.05, 0.1) is 6.10 Å². The van der Waals surface area contributed by atoms with Crippen LogP contribution in [-0.2, 0) is 9.47 Å². The quantitative estimate of drug-likeness (QED) is 0.755. The molecule has 0 bridgehead atoms. The zero-order chi connectivity index (χ0) is 12.9. The highest BCUT2D eigenvalue weighted by Crippen LogP contribution is 2.38. The van der Waals surface area contributed by atoms with Crippen molar-refractivity contribution in [3.05, 3.63) is 0 Å². The van der Waals surface area contributed by atoms with Crippen LogP contribution in [0, 0.1) is 11.3 Å². The highest BCUT2D eigenvalue weighted by atomic mass is 16.5. The molecule has 0 heterocycles. The second-order valence-corrected chi connectivity index (χ2v) is 6.30. The summed E-state index contributed by atoms with van der Waals surface area (Å²) >= 11 is 0. The Kier molecular flexibility index (Phi) is 5.90. The summed E-state index contributed by atoms with van der Waals surface area (Å²) in [6.07, 6.45) is 4.64. The van der Waals surface area contributed by atoms with Gasteiger partial charge in [-0.15, -0.1) is 0 Å². The number of methoxy groups -OCH3 is 1. The smallest absolute Gasteiger partial charge is 0.0728 e. The molecular weight excluding hydrogens is 214 g/mol. The van der Waals surface area contributed by atoms with E-state index in [1.54, 1.807) is 7.11 Å². The van der Waals surface area contributed by atoms with E-state index in [1.807, 2.05) is 0 Å². The second kappa shape index (κ2) is 6.72. The minimum absolute atomic E-state index is 0.219. The molecule has 0 amide bonds. The summed E-state index contributed by atoms with van der Waals surface area (Å²) in [6.45, 7) is 8.48. The molecule has 3 unspecified atom stereocenters. The van der Waals surface area contributed by atoms with Crippen molar-refractivity contribution in [2.45, 2.75) is 58.6 Å². The Morgan fingerprint density at radius 3 is 2.47 bits per heavy atom. The number of ether oxygens (including phenoxy) is 2. The van der Waals surface area contributed by atoms with Crippen molar-refractivity contribution in [3.8, 4) is 0 Å². The van der Waals surface area contributed by atoms with Gasteiger partial charge in [0.2, 0.25) is 0 Å². The normalized spacial score (nSPS) is 30.5. The lowest BCUT2D eigenvalue weighted by Gasteiger charge is -2.40. The maximum Gasteiger partial charge on any atom is 0.0728 e. The van der Waals surface area contributed by atoms with Crippen molar-refractivity contribution in [2.75, 3.05) is 20.3 Å². The molecule has 3 nitrogen and oxygen atoms in total. The van der Waals surface area contributed by atoms with Crippen LogP contribution in [0.2, 0.25) is 0 Å². The third-order valence-electron chi connectivity index (χ3n) is 3.89. The molecule has 0 aromatic carbocycles. The van der Waals surface area contributed by atoms with Gasteiger partial charge in [0.1, 0.15) is 0 Å². The summed E-state index contributed by atoms with van der Waals surface area (Å²) in [5, 5.41) is 0. The fourth-order valence-corrected chi connectivity index (χ4v) is 2.57. The first-order valence-electron chi connectivity index (χ1n) is 6.81. The van der Waals surface area contributed by atoms with Crippen LogP contribution >= 0.6 is 0 Å². The molecule has 1 aliphatic carbocycles. The topological polar surface area (TPSA) is 44.5 Å². The summed E-state index contributed by atoms with van der Waals surface area (Å²) in [5.74, 6) is 0.731. The largest absolute Gasteiger partial charge is 0.385 e. The van der Waals surface area contributed by atoms with Crippen molar-refractivity contribution < 1.29 is 9.47 Å². The Morgan fingerprint density at radius 1 is 1.18 bits per heavy atom. The number of rotatable bonds is 5. The van der Waals surface area contributed by atoms with E-state index >= 15 is 0 Å². The monoisotopic (exact) mass is 243 g/mol. The van der Waals surface area contributed by atoms with Crippen molar-refractivity contribution in [1.29, 1.82) is 0 Å². The molecular formula is C14H29NO2. The average Bonchev–Trinajstić information content (AvgIpc) is 2.25. The maximum atomic E-state index is 6.14.